The number of carbonyl (C=O) groups excluding carboxylic acids is 1. The zero-order valence-corrected chi connectivity index (χ0v) is 14.8. The Morgan fingerprint density at radius 1 is 1.17 bits per heavy atom. The van der Waals surface area contributed by atoms with E-state index in [9.17, 15) is 14.7 Å². The van der Waals surface area contributed by atoms with Crippen LogP contribution < -0.4 is 5.32 Å². The molecule has 2 rings (SSSR count). The van der Waals surface area contributed by atoms with Gasteiger partial charge in [0.25, 0.3) is 0 Å². The number of carbonyl (C=O) groups is 2. The van der Waals surface area contributed by atoms with Gasteiger partial charge in [-0.3, -0.25) is 9.59 Å². The van der Waals surface area contributed by atoms with E-state index >= 15 is 0 Å². The average molecular weight is 345 g/mol. The van der Waals surface area contributed by atoms with Crippen molar-refractivity contribution in [3.8, 4) is 0 Å². The molecule has 1 amide bonds. The molecular formula is C19H23NO3S. The number of benzene rings is 2. The van der Waals surface area contributed by atoms with E-state index in [1.807, 2.05) is 55.6 Å². The molecule has 0 heterocycles. The smallest absolute Gasteiger partial charge is 0.308 e. The largest absolute Gasteiger partial charge is 0.481 e. The molecule has 2 aromatic carbocycles. The number of nitrogens with one attached hydrogen (secondary N) is 1. The Bertz CT molecular complexity index is 717. The first-order valence-electron chi connectivity index (χ1n) is 7.98. The predicted molar refractivity (Wildman–Crippen MR) is 99.3 cm³/mol. The van der Waals surface area contributed by atoms with E-state index in [1.165, 1.54) is 0 Å². The number of carboxylic acids is 1. The summed E-state index contributed by atoms with van der Waals surface area (Å²) in [5.74, 6) is -0.990. The molecule has 0 aliphatic heterocycles. The second-order valence-corrected chi connectivity index (χ2v) is 6.93. The van der Waals surface area contributed by atoms with Gasteiger partial charge in [0.15, 0.2) is 0 Å². The van der Waals surface area contributed by atoms with E-state index < -0.39 is 11.9 Å². The molecule has 0 radical (unpaired) electrons. The van der Waals surface area contributed by atoms with E-state index in [0.717, 1.165) is 22.1 Å². The van der Waals surface area contributed by atoms with E-state index in [-0.39, 0.29) is 18.4 Å². The molecule has 4 nitrogen and oxygen atoms in total. The number of aliphatic carboxylic acids is 1. The molecule has 0 spiro atoms. The normalized spacial score (nSPS) is 13.4. The van der Waals surface area contributed by atoms with Gasteiger partial charge in [-0.25, -0.2) is 0 Å². The van der Waals surface area contributed by atoms with Gasteiger partial charge in [-0.15, -0.1) is 0 Å². The Morgan fingerprint density at radius 3 is 2.54 bits per heavy atom. The van der Waals surface area contributed by atoms with Crippen LogP contribution in [0, 0.1) is 11.8 Å². The lowest BCUT2D eigenvalue weighted by Gasteiger charge is -2.16. The van der Waals surface area contributed by atoms with Crippen molar-refractivity contribution in [3.05, 3.63) is 48.0 Å². The summed E-state index contributed by atoms with van der Waals surface area (Å²) in [4.78, 5) is 23.5. The standard InChI is InChI=1S/C19H23NO3S/c1-13(12-24-2)18(21)20-11-17(19(22)23)10-14-7-8-15-5-3-4-6-16(15)9-14/h3-9,13,17H,10-12H2,1-2H3,(H,20,21)(H,22,23). The van der Waals surface area contributed by atoms with Crippen LogP contribution in [-0.4, -0.2) is 35.5 Å². The predicted octanol–water partition coefficient (Wildman–Crippen LogP) is 3.20. The highest BCUT2D eigenvalue weighted by Gasteiger charge is 2.20. The highest BCUT2D eigenvalue weighted by Crippen LogP contribution is 2.18. The van der Waals surface area contributed by atoms with Crippen molar-refractivity contribution in [2.45, 2.75) is 13.3 Å². The number of thioether (sulfide) groups is 1. The van der Waals surface area contributed by atoms with Gasteiger partial charge in [-0.1, -0.05) is 49.4 Å². The summed E-state index contributed by atoms with van der Waals surface area (Å²) < 4.78 is 0. The third-order valence-corrected chi connectivity index (χ3v) is 4.87. The number of rotatable bonds is 8. The van der Waals surface area contributed by atoms with Crippen molar-refractivity contribution in [2.24, 2.45) is 11.8 Å². The second-order valence-electron chi connectivity index (χ2n) is 6.02. The third kappa shape index (κ3) is 4.99. The minimum Gasteiger partial charge on any atom is -0.481 e. The number of hydrogen-bond acceptors (Lipinski definition) is 3. The fourth-order valence-electron chi connectivity index (χ4n) is 2.62. The number of hydrogen-bond donors (Lipinski definition) is 2. The van der Waals surface area contributed by atoms with E-state index in [2.05, 4.69) is 5.32 Å². The molecule has 2 unspecified atom stereocenters. The summed E-state index contributed by atoms with van der Waals surface area (Å²) in [6, 6.07) is 14.0. The van der Waals surface area contributed by atoms with Gasteiger partial charge in [0.2, 0.25) is 5.91 Å². The summed E-state index contributed by atoms with van der Waals surface area (Å²) in [5, 5.41) is 14.4. The zero-order chi connectivity index (χ0) is 17.5. The summed E-state index contributed by atoms with van der Waals surface area (Å²) in [6.07, 6.45) is 2.35. The van der Waals surface area contributed by atoms with E-state index in [4.69, 9.17) is 0 Å². The molecule has 0 fully saturated rings. The Balaban J connectivity index is 2.02. The lowest BCUT2D eigenvalue weighted by atomic mass is 9.97. The lowest BCUT2D eigenvalue weighted by Crippen LogP contribution is -2.37. The van der Waals surface area contributed by atoms with Crippen molar-refractivity contribution in [2.75, 3.05) is 18.6 Å². The molecule has 128 valence electrons. The van der Waals surface area contributed by atoms with E-state index in [0.29, 0.717) is 6.42 Å². The summed E-state index contributed by atoms with van der Waals surface area (Å²) in [7, 11) is 0. The van der Waals surface area contributed by atoms with E-state index in [1.54, 1.807) is 11.8 Å². The molecule has 0 bridgehead atoms. The van der Waals surface area contributed by atoms with Crippen molar-refractivity contribution in [1.29, 1.82) is 0 Å². The Labute approximate surface area is 146 Å². The van der Waals surface area contributed by atoms with Crippen LogP contribution >= 0.6 is 11.8 Å². The molecule has 0 aromatic heterocycles. The molecule has 0 aliphatic carbocycles. The maximum absolute atomic E-state index is 12.0. The summed E-state index contributed by atoms with van der Waals surface area (Å²) >= 11 is 1.61. The molecule has 0 saturated heterocycles. The molecule has 0 saturated carbocycles. The van der Waals surface area contributed by atoms with Crippen LogP contribution in [0.5, 0.6) is 0 Å². The second kappa shape index (κ2) is 8.73. The van der Waals surface area contributed by atoms with Crippen LogP contribution in [0.1, 0.15) is 12.5 Å². The number of carboxylic acid groups (broad SMARTS) is 1. The van der Waals surface area contributed by atoms with Gasteiger partial charge in [0.1, 0.15) is 0 Å². The quantitative estimate of drug-likeness (QED) is 0.771. The van der Waals surface area contributed by atoms with Crippen LogP contribution in [0.15, 0.2) is 42.5 Å². The maximum Gasteiger partial charge on any atom is 0.308 e. The van der Waals surface area contributed by atoms with Gasteiger partial charge in [0.05, 0.1) is 5.92 Å². The lowest BCUT2D eigenvalue weighted by molar-refractivity contribution is -0.141. The van der Waals surface area contributed by atoms with Gasteiger partial charge in [-0.05, 0) is 29.0 Å². The van der Waals surface area contributed by atoms with Crippen molar-refractivity contribution in [1.82, 2.24) is 5.32 Å². The average Bonchev–Trinajstić information content (AvgIpc) is 2.58. The first-order chi connectivity index (χ1) is 11.5. The number of amides is 1. The van der Waals surface area contributed by atoms with Gasteiger partial charge in [0, 0.05) is 18.2 Å². The van der Waals surface area contributed by atoms with Crippen LogP contribution in [0.3, 0.4) is 0 Å². The first kappa shape index (κ1) is 18.3. The molecule has 2 aromatic rings. The molecule has 2 atom stereocenters. The molecule has 5 heteroatoms. The van der Waals surface area contributed by atoms with Crippen LogP contribution in [0.2, 0.25) is 0 Å². The Kier molecular flexibility index (Phi) is 6.67. The SMILES string of the molecule is CSCC(C)C(=O)NCC(Cc1ccc2ccccc2c1)C(=O)O. The van der Waals surface area contributed by atoms with Crippen LogP contribution in [0.4, 0.5) is 0 Å². The van der Waals surface area contributed by atoms with Gasteiger partial charge >= 0.3 is 5.97 Å². The van der Waals surface area contributed by atoms with Crippen molar-refractivity contribution < 1.29 is 14.7 Å². The summed E-state index contributed by atoms with van der Waals surface area (Å²) in [5.41, 5.74) is 0.965. The Hall–Kier alpha value is -2.01. The Morgan fingerprint density at radius 2 is 1.88 bits per heavy atom. The highest BCUT2D eigenvalue weighted by atomic mass is 32.2. The maximum atomic E-state index is 12.0. The first-order valence-corrected chi connectivity index (χ1v) is 9.37. The van der Waals surface area contributed by atoms with Crippen molar-refractivity contribution in [3.63, 3.8) is 0 Å². The number of fused-ring (bicyclic) bond motifs is 1. The third-order valence-electron chi connectivity index (χ3n) is 4.03. The molecular weight excluding hydrogens is 322 g/mol. The minimum absolute atomic E-state index is 0.0888. The van der Waals surface area contributed by atoms with Crippen LogP contribution in [-0.2, 0) is 16.0 Å². The summed E-state index contributed by atoms with van der Waals surface area (Å²) in [6.45, 7) is 2.00. The van der Waals surface area contributed by atoms with Crippen LogP contribution in [0.25, 0.3) is 10.8 Å². The molecule has 24 heavy (non-hydrogen) atoms. The fourth-order valence-corrected chi connectivity index (χ4v) is 3.27. The van der Waals surface area contributed by atoms with Gasteiger partial charge < -0.3 is 10.4 Å². The van der Waals surface area contributed by atoms with Crippen molar-refractivity contribution >= 4 is 34.4 Å². The minimum atomic E-state index is -0.888. The molecule has 2 N–H and O–H groups in total. The monoisotopic (exact) mass is 345 g/mol. The van der Waals surface area contributed by atoms with Gasteiger partial charge in [-0.2, -0.15) is 11.8 Å². The fraction of sp³-hybridized carbons (Fsp3) is 0.368. The highest BCUT2D eigenvalue weighted by molar-refractivity contribution is 7.98. The zero-order valence-electron chi connectivity index (χ0n) is 14.0. The topological polar surface area (TPSA) is 66.4 Å². The molecule has 0 aliphatic rings.